The van der Waals surface area contributed by atoms with Crippen LogP contribution < -0.4 is 9.64 Å². The van der Waals surface area contributed by atoms with Crippen molar-refractivity contribution in [3.05, 3.63) is 18.2 Å². The molecule has 0 radical (unpaired) electrons. The summed E-state index contributed by atoms with van der Waals surface area (Å²) in [5.74, 6) is 1.11. The number of nitrogens with zero attached hydrogens (tertiary/aromatic N) is 2. The Hall–Kier alpha value is -1.60. The van der Waals surface area contributed by atoms with Gasteiger partial charge >= 0.3 is 0 Å². The van der Waals surface area contributed by atoms with Crippen LogP contribution >= 0.6 is 0 Å². The second-order valence-corrected chi connectivity index (χ2v) is 9.39. The van der Waals surface area contributed by atoms with E-state index in [1.807, 2.05) is 6.92 Å². The smallest absolute Gasteiger partial charge is 0.243 e. The number of hydrogen-bond donors (Lipinski definition) is 0. The van der Waals surface area contributed by atoms with E-state index in [0.717, 1.165) is 6.42 Å². The van der Waals surface area contributed by atoms with Crippen LogP contribution in [0.5, 0.6) is 5.75 Å². The van der Waals surface area contributed by atoms with Crippen molar-refractivity contribution in [2.45, 2.75) is 45.1 Å². The Morgan fingerprint density at radius 1 is 1.12 bits per heavy atom. The monoisotopic (exact) mass is 366 g/mol. The number of hydrogen-bond acceptors (Lipinski definition) is 4. The van der Waals surface area contributed by atoms with E-state index in [1.54, 1.807) is 27.4 Å². The summed E-state index contributed by atoms with van der Waals surface area (Å²) >= 11 is 0. The Labute approximate surface area is 149 Å². The zero-order valence-corrected chi connectivity index (χ0v) is 16.0. The van der Waals surface area contributed by atoms with Gasteiger partial charge in [0.1, 0.15) is 11.9 Å². The normalized spacial score (nSPS) is 27.5. The van der Waals surface area contributed by atoms with Gasteiger partial charge in [0.25, 0.3) is 0 Å². The number of carbonyl (C=O) groups is 1. The maximum Gasteiger partial charge on any atom is 0.243 e. The first-order valence-corrected chi connectivity index (χ1v) is 10.2. The highest BCUT2D eigenvalue weighted by atomic mass is 32.2. The summed E-state index contributed by atoms with van der Waals surface area (Å²) in [5, 5.41) is 0. The molecule has 0 aliphatic carbocycles. The van der Waals surface area contributed by atoms with Crippen LogP contribution in [0.1, 0.15) is 34.1 Å². The Kier molecular flexibility index (Phi) is 4.81. The number of amides is 1. The Balaban J connectivity index is 1.98. The summed E-state index contributed by atoms with van der Waals surface area (Å²) < 4.78 is 33.5. The molecular formula is C18H26N2O4S. The average Bonchev–Trinajstić information content (AvgIpc) is 2.52. The van der Waals surface area contributed by atoms with Gasteiger partial charge in [-0.2, -0.15) is 4.31 Å². The summed E-state index contributed by atoms with van der Waals surface area (Å²) in [4.78, 5) is 13.8. The maximum atomic E-state index is 13.1. The first-order valence-electron chi connectivity index (χ1n) is 8.77. The summed E-state index contributed by atoms with van der Waals surface area (Å²) in [6, 6.07) is 4.81. The number of anilines is 1. The van der Waals surface area contributed by atoms with Crippen LogP contribution in [0, 0.1) is 11.8 Å². The zero-order chi connectivity index (χ0) is 18.4. The van der Waals surface area contributed by atoms with E-state index in [1.165, 1.54) is 6.92 Å². The summed E-state index contributed by atoms with van der Waals surface area (Å²) in [5.41, 5.74) is 0.532. The molecule has 3 atom stereocenters. The predicted molar refractivity (Wildman–Crippen MR) is 96.3 cm³/mol. The summed E-state index contributed by atoms with van der Waals surface area (Å²) in [7, 11) is -3.58. The molecule has 0 aromatic heterocycles. The van der Waals surface area contributed by atoms with Gasteiger partial charge in [0, 0.05) is 20.0 Å². The topological polar surface area (TPSA) is 66.9 Å². The third kappa shape index (κ3) is 3.53. The van der Waals surface area contributed by atoms with Crippen LogP contribution in [-0.4, -0.2) is 44.4 Å². The van der Waals surface area contributed by atoms with Crippen molar-refractivity contribution in [1.29, 1.82) is 0 Å². The minimum absolute atomic E-state index is 0.119. The van der Waals surface area contributed by atoms with E-state index in [2.05, 4.69) is 13.8 Å². The quantitative estimate of drug-likeness (QED) is 0.806. The third-order valence-corrected chi connectivity index (χ3v) is 6.67. The van der Waals surface area contributed by atoms with Crippen molar-refractivity contribution >= 4 is 21.6 Å². The molecule has 0 bridgehead atoms. The van der Waals surface area contributed by atoms with Gasteiger partial charge in [-0.05, 0) is 43.4 Å². The molecule has 0 saturated carbocycles. The molecule has 1 amide bonds. The first-order chi connectivity index (χ1) is 11.7. The number of carbonyl (C=O) groups excluding carboxylic acids is 1. The van der Waals surface area contributed by atoms with Crippen LogP contribution in [0.4, 0.5) is 5.69 Å². The van der Waals surface area contributed by atoms with Gasteiger partial charge in [0.15, 0.2) is 0 Å². The second kappa shape index (κ2) is 6.61. The SMILES string of the molecule is CC(=O)N1CC(C)Oc2ccc(S(=O)(=O)N3CC(C)CC(C)C3)cc21. The van der Waals surface area contributed by atoms with Crippen LogP contribution in [0.15, 0.2) is 23.1 Å². The number of ether oxygens (including phenoxy) is 1. The van der Waals surface area contributed by atoms with Crippen molar-refractivity contribution < 1.29 is 17.9 Å². The van der Waals surface area contributed by atoms with Crippen LogP contribution in [-0.2, 0) is 14.8 Å². The lowest BCUT2D eigenvalue weighted by molar-refractivity contribution is -0.117. The van der Waals surface area contributed by atoms with Gasteiger partial charge in [-0.1, -0.05) is 13.8 Å². The lowest BCUT2D eigenvalue weighted by Crippen LogP contribution is -2.43. The molecule has 1 aromatic carbocycles. The van der Waals surface area contributed by atoms with E-state index in [9.17, 15) is 13.2 Å². The molecule has 0 spiro atoms. The van der Waals surface area contributed by atoms with E-state index in [0.29, 0.717) is 42.9 Å². The van der Waals surface area contributed by atoms with Gasteiger partial charge in [-0.25, -0.2) is 8.42 Å². The van der Waals surface area contributed by atoms with E-state index < -0.39 is 10.0 Å². The van der Waals surface area contributed by atoms with E-state index in [-0.39, 0.29) is 16.9 Å². The molecule has 6 nitrogen and oxygen atoms in total. The molecule has 138 valence electrons. The Morgan fingerprint density at radius 3 is 2.36 bits per heavy atom. The fraction of sp³-hybridized carbons (Fsp3) is 0.611. The number of fused-ring (bicyclic) bond motifs is 1. The van der Waals surface area contributed by atoms with Gasteiger partial charge in [0.05, 0.1) is 17.1 Å². The molecule has 1 saturated heterocycles. The lowest BCUT2D eigenvalue weighted by atomic mass is 9.94. The van der Waals surface area contributed by atoms with Crippen LogP contribution in [0.3, 0.4) is 0 Å². The number of sulfonamides is 1. The fourth-order valence-corrected chi connectivity index (χ4v) is 5.53. The molecule has 3 unspecified atom stereocenters. The number of benzene rings is 1. The molecular weight excluding hydrogens is 340 g/mol. The fourth-order valence-electron chi connectivity index (χ4n) is 3.83. The standard InChI is InChI=1S/C18H26N2O4S/c1-12-7-13(2)10-19(9-12)25(22,23)16-5-6-18-17(8-16)20(15(4)21)11-14(3)24-18/h5-6,8,12-14H,7,9-11H2,1-4H3. The highest BCUT2D eigenvalue weighted by Gasteiger charge is 2.33. The van der Waals surface area contributed by atoms with Gasteiger partial charge < -0.3 is 9.64 Å². The largest absolute Gasteiger partial charge is 0.487 e. The van der Waals surface area contributed by atoms with Crippen molar-refractivity contribution in [3.8, 4) is 5.75 Å². The van der Waals surface area contributed by atoms with Gasteiger partial charge in [-0.15, -0.1) is 0 Å². The van der Waals surface area contributed by atoms with Gasteiger partial charge in [0.2, 0.25) is 15.9 Å². The van der Waals surface area contributed by atoms with Gasteiger partial charge in [-0.3, -0.25) is 4.79 Å². The molecule has 1 aromatic rings. The molecule has 2 aliphatic heterocycles. The minimum atomic E-state index is -3.58. The van der Waals surface area contributed by atoms with Crippen LogP contribution in [0.2, 0.25) is 0 Å². The Bertz CT molecular complexity index is 767. The summed E-state index contributed by atoms with van der Waals surface area (Å²) in [6.07, 6.45) is 0.919. The first kappa shape index (κ1) is 18.2. The zero-order valence-electron chi connectivity index (χ0n) is 15.2. The molecule has 2 heterocycles. The molecule has 25 heavy (non-hydrogen) atoms. The molecule has 3 rings (SSSR count). The highest BCUT2D eigenvalue weighted by Crippen LogP contribution is 2.37. The molecule has 7 heteroatoms. The highest BCUT2D eigenvalue weighted by molar-refractivity contribution is 7.89. The average molecular weight is 366 g/mol. The van der Waals surface area contributed by atoms with Crippen LogP contribution in [0.25, 0.3) is 0 Å². The predicted octanol–water partition coefficient (Wildman–Crippen LogP) is 2.49. The number of piperidine rings is 1. The van der Waals surface area contributed by atoms with E-state index in [4.69, 9.17) is 4.74 Å². The number of rotatable bonds is 2. The minimum Gasteiger partial charge on any atom is -0.487 e. The maximum absolute atomic E-state index is 13.1. The van der Waals surface area contributed by atoms with Crippen molar-refractivity contribution in [1.82, 2.24) is 4.31 Å². The third-order valence-electron chi connectivity index (χ3n) is 4.84. The molecule has 1 fully saturated rings. The summed E-state index contributed by atoms with van der Waals surface area (Å²) in [6.45, 7) is 9.03. The van der Waals surface area contributed by atoms with Crippen molar-refractivity contribution in [2.24, 2.45) is 11.8 Å². The van der Waals surface area contributed by atoms with Crippen molar-refractivity contribution in [3.63, 3.8) is 0 Å². The second-order valence-electron chi connectivity index (χ2n) is 7.46. The van der Waals surface area contributed by atoms with Crippen molar-refractivity contribution in [2.75, 3.05) is 24.5 Å². The van der Waals surface area contributed by atoms with E-state index >= 15 is 0 Å². The molecule has 2 aliphatic rings. The lowest BCUT2D eigenvalue weighted by Gasteiger charge is -2.35. The molecule has 0 N–H and O–H groups in total. The Morgan fingerprint density at radius 2 is 1.76 bits per heavy atom.